The lowest BCUT2D eigenvalue weighted by molar-refractivity contribution is 0.0527. The van der Waals surface area contributed by atoms with Crippen molar-refractivity contribution >= 4 is 0 Å². The summed E-state index contributed by atoms with van der Waals surface area (Å²) in [5.41, 5.74) is 8.43. The summed E-state index contributed by atoms with van der Waals surface area (Å²) < 4.78 is 2.12. The van der Waals surface area contributed by atoms with Crippen LogP contribution in [0.4, 0.5) is 0 Å². The molecule has 0 aliphatic carbocycles. The molecule has 1 aromatic rings. The zero-order chi connectivity index (χ0) is 14.8. The van der Waals surface area contributed by atoms with Crippen molar-refractivity contribution in [3.05, 3.63) is 17.5 Å². The fraction of sp³-hybridized carbons (Fsp3) is 0.800. The lowest BCUT2D eigenvalue weighted by Gasteiger charge is -2.43. The van der Waals surface area contributed by atoms with Crippen LogP contribution in [0.15, 0.2) is 6.07 Å². The van der Waals surface area contributed by atoms with Crippen LogP contribution in [0.5, 0.6) is 0 Å². The number of aromatic nitrogens is 2. The Morgan fingerprint density at radius 3 is 2.45 bits per heavy atom. The minimum absolute atomic E-state index is 0.119. The smallest absolute Gasteiger partial charge is 0.0597 e. The number of piperazine rings is 1. The van der Waals surface area contributed by atoms with Crippen molar-refractivity contribution in [1.82, 2.24) is 19.6 Å². The normalized spacial score (nSPS) is 18.6. The molecule has 1 aliphatic rings. The van der Waals surface area contributed by atoms with Gasteiger partial charge < -0.3 is 5.73 Å². The second kappa shape index (κ2) is 6.24. The van der Waals surface area contributed by atoms with Crippen LogP contribution >= 0.6 is 0 Å². The van der Waals surface area contributed by atoms with Crippen LogP contribution < -0.4 is 5.73 Å². The van der Waals surface area contributed by atoms with Gasteiger partial charge in [0.25, 0.3) is 0 Å². The van der Waals surface area contributed by atoms with Crippen LogP contribution in [0.25, 0.3) is 0 Å². The molecule has 1 aromatic heterocycles. The number of nitrogens with zero attached hydrogens (tertiary/aromatic N) is 4. The summed E-state index contributed by atoms with van der Waals surface area (Å²) in [5, 5.41) is 4.53. The highest BCUT2D eigenvalue weighted by atomic mass is 15.3. The molecular weight excluding hydrogens is 250 g/mol. The first kappa shape index (κ1) is 15.5. The molecule has 0 spiro atoms. The van der Waals surface area contributed by atoms with Crippen LogP contribution in [0.2, 0.25) is 0 Å². The highest BCUT2D eigenvalue weighted by Gasteiger charge is 2.28. The zero-order valence-electron chi connectivity index (χ0n) is 13.4. The molecule has 114 valence electrons. The Balaban J connectivity index is 1.91. The topological polar surface area (TPSA) is 50.3 Å². The van der Waals surface area contributed by atoms with Gasteiger partial charge in [-0.25, -0.2) is 0 Å². The number of hydrogen-bond donors (Lipinski definition) is 1. The van der Waals surface area contributed by atoms with Gasteiger partial charge in [0.15, 0.2) is 0 Å². The monoisotopic (exact) mass is 279 g/mol. The number of hydrogen-bond acceptors (Lipinski definition) is 4. The molecule has 20 heavy (non-hydrogen) atoms. The maximum atomic E-state index is 5.87. The number of aryl methyl sites for hydroxylation is 2. The van der Waals surface area contributed by atoms with Gasteiger partial charge in [0.05, 0.1) is 11.4 Å². The summed E-state index contributed by atoms with van der Waals surface area (Å²) in [6.07, 6.45) is 0. The first-order valence-corrected chi connectivity index (χ1v) is 7.67. The van der Waals surface area contributed by atoms with Crippen molar-refractivity contribution in [3.8, 4) is 0 Å². The van der Waals surface area contributed by atoms with E-state index in [0.717, 1.165) is 51.5 Å². The first-order valence-electron chi connectivity index (χ1n) is 7.67. The molecule has 0 aromatic carbocycles. The minimum Gasteiger partial charge on any atom is -0.329 e. The third kappa shape index (κ3) is 3.40. The van der Waals surface area contributed by atoms with Gasteiger partial charge in [-0.2, -0.15) is 5.10 Å². The number of nitrogens with two attached hydrogens (primary N) is 1. The summed E-state index contributed by atoms with van der Waals surface area (Å²) in [7, 11) is 0. The standard InChI is InChI=1S/C15H29N5/c1-5-20-14(10-13(2)17-20)11-18-6-8-19(9-7-18)15(3,4)12-16/h10H,5-9,11-12,16H2,1-4H3. The fourth-order valence-corrected chi connectivity index (χ4v) is 2.87. The van der Waals surface area contributed by atoms with E-state index in [2.05, 4.69) is 53.3 Å². The van der Waals surface area contributed by atoms with Crippen molar-refractivity contribution in [2.24, 2.45) is 5.73 Å². The Morgan fingerprint density at radius 2 is 1.90 bits per heavy atom. The molecule has 1 saturated heterocycles. The molecule has 5 nitrogen and oxygen atoms in total. The van der Waals surface area contributed by atoms with Crippen LogP contribution in [-0.4, -0.2) is 57.8 Å². The van der Waals surface area contributed by atoms with Gasteiger partial charge >= 0.3 is 0 Å². The van der Waals surface area contributed by atoms with Gasteiger partial charge in [-0.05, 0) is 33.8 Å². The van der Waals surface area contributed by atoms with Crippen molar-refractivity contribution in [2.75, 3.05) is 32.7 Å². The van der Waals surface area contributed by atoms with E-state index in [1.807, 2.05) is 0 Å². The Hall–Kier alpha value is -0.910. The molecule has 2 N–H and O–H groups in total. The molecule has 0 radical (unpaired) electrons. The van der Waals surface area contributed by atoms with Crippen LogP contribution in [0.3, 0.4) is 0 Å². The van der Waals surface area contributed by atoms with E-state index in [1.165, 1.54) is 5.69 Å². The fourth-order valence-electron chi connectivity index (χ4n) is 2.87. The maximum Gasteiger partial charge on any atom is 0.0597 e. The van der Waals surface area contributed by atoms with Crippen LogP contribution in [-0.2, 0) is 13.1 Å². The number of rotatable bonds is 5. The third-order valence-electron chi connectivity index (χ3n) is 4.40. The van der Waals surface area contributed by atoms with Gasteiger partial charge in [-0.1, -0.05) is 0 Å². The van der Waals surface area contributed by atoms with E-state index in [9.17, 15) is 0 Å². The molecule has 0 amide bonds. The molecule has 5 heteroatoms. The Labute approximate surface area is 122 Å². The van der Waals surface area contributed by atoms with Gasteiger partial charge in [0, 0.05) is 51.4 Å². The first-order chi connectivity index (χ1) is 9.46. The molecule has 2 rings (SSSR count). The molecule has 1 fully saturated rings. The summed E-state index contributed by atoms with van der Waals surface area (Å²) >= 11 is 0. The minimum atomic E-state index is 0.119. The third-order valence-corrected chi connectivity index (χ3v) is 4.40. The second-order valence-corrected chi connectivity index (χ2v) is 6.37. The SMILES string of the molecule is CCn1nc(C)cc1CN1CCN(C(C)(C)CN)CC1. The summed E-state index contributed by atoms with van der Waals surface area (Å²) in [6, 6.07) is 2.21. The van der Waals surface area contributed by atoms with Crippen molar-refractivity contribution in [2.45, 2.75) is 46.3 Å². The van der Waals surface area contributed by atoms with Crippen molar-refractivity contribution in [3.63, 3.8) is 0 Å². The average molecular weight is 279 g/mol. The predicted molar refractivity (Wildman–Crippen MR) is 82.6 cm³/mol. The van der Waals surface area contributed by atoms with E-state index in [4.69, 9.17) is 5.73 Å². The van der Waals surface area contributed by atoms with Gasteiger partial charge in [0.1, 0.15) is 0 Å². The van der Waals surface area contributed by atoms with Gasteiger partial charge in [0.2, 0.25) is 0 Å². The average Bonchev–Trinajstić information content (AvgIpc) is 2.79. The molecule has 2 heterocycles. The summed E-state index contributed by atoms with van der Waals surface area (Å²) in [5.74, 6) is 0. The van der Waals surface area contributed by atoms with E-state index >= 15 is 0 Å². The molecule has 0 unspecified atom stereocenters. The van der Waals surface area contributed by atoms with Gasteiger partial charge in [-0.15, -0.1) is 0 Å². The van der Waals surface area contributed by atoms with E-state index in [1.54, 1.807) is 0 Å². The van der Waals surface area contributed by atoms with Crippen LogP contribution in [0.1, 0.15) is 32.2 Å². The molecule has 0 bridgehead atoms. The second-order valence-electron chi connectivity index (χ2n) is 6.37. The van der Waals surface area contributed by atoms with Crippen molar-refractivity contribution in [1.29, 1.82) is 0 Å². The van der Waals surface area contributed by atoms with Gasteiger partial charge in [-0.3, -0.25) is 14.5 Å². The Bertz CT molecular complexity index is 429. The van der Waals surface area contributed by atoms with Crippen LogP contribution in [0, 0.1) is 6.92 Å². The highest BCUT2D eigenvalue weighted by molar-refractivity contribution is 5.09. The Kier molecular flexibility index (Phi) is 4.83. The zero-order valence-corrected chi connectivity index (χ0v) is 13.4. The lowest BCUT2D eigenvalue weighted by atomic mass is 10.0. The highest BCUT2D eigenvalue weighted by Crippen LogP contribution is 2.17. The van der Waals surface area contributed by atoms with E-state index < -0.39 is 0 Å². The lowest BCUT2D eigenvalue weighted by Crippen LogP contribution is -2.57. The van der Waals surface area contributed by atoms with Crippen molar-refractivity contribution < 1.29 is 0 Å². The molecule has 0 atom stereocenters. The molecule has 0 saturated carbocycles. The predicted octanol–water partition coefficient (Wildman–Crippen LogP) is 1.07. The summed E-state index contributed by atoms with van der Waals surface area (Å²) in [4.78, 5) is 5.03. The van der Waals surface area contributed by atoms with E-state index in [0.29, 0.717) is 0 Å². The largest absolute Gasteiger partial charge is 0.329 e. The molecule has 1 aliphatic heterocycles. The summed E-state index contributed by atoms with van der Waals surface area (Å²) in [6.45, 7) is 15.8. The maximum absolute atomic E-state index is 5.87. The van der Waals surface area contributed by atoms with E-state index in [-0.39, 0.29) is 5.54 Å². The quantitative estimate of drug-likeness (QED) is 0.876. The molecular formula is C15H29N5. The Morgan fingerprint density at radius 1 is 1.25 bits per heavy atom.